The number of benzene rings is 2. The zero-order valence-electron chi connectivity index (χ0n) is 13.3. The highest BCUT2D eigenvalue weighted by Crippen LogP contribution is 2.29. The number of hydrogen-bond donors (Lipinski definition) is 3. The van der Waals surface area contributed by atoms with Crippen molar-refractivity contribution in [2.75, 3.05) is 10.6 Å². The van der Waals surface area contributed by atoms with Gasteiger partial charge in [-0.2, -0.15) is 0 Å². The molecule has 0 aliphatic heterocycles. The first-order valence-electron chi connectivity index (χ1n) is 8.20. The molecule has 2 atom stereocenters. The first-order valence-corrected chi connectivity index (χ1v) is 8.57. The Kier molecular flexibility index (Phi) is 5.38. The third-order valence-corrected chi connectivity index (χ3v) is 4.69. The fraction of sp³-hybridized carbons (Fsp3) is 0.316. The molecule has 5 heteroatoms. The van der Waals surface area contributed by atoms with Gasteiger partial charge in [-0.05, 0) is 43.0 Å². The Morgan fingerprint density at radius 2 is 1.96 bits per heavy atom. The standard InChI is InChI=1S/C19H21ClN2O2/c20-16-11-14(22-19(24)15-7-4-8-18(15)23)9-10-17(16)21-12-13-5-2-1-3-6-13/h1-3,5-6,9-11,15,18,21,23H,4,7-8,12H2,(H,22,24). The predicted molar refractivity (Wildman–Crippen MR) is 97.2 cm³/mol. The minimum atomic E-state index is -0.535. The van der Waals surface area contributed by atoms with Crippen LogP contribution in [0.5, 0.6) is 0 Å². The molecule has 3 N–H and O–H groups in total. The summed E-state index contributed by atoms with van der Waals surface area (Å²) in [7, 11) is 0. The zero-order valence-corrected chi connectivity index (χ0v) is 14.1. The van der Waals surface area contributed by atoms with Gasteiger partial charge in [0.1, 0.15) is 0 Å². The lowest BCUT2D eigenvalue weighted by Gasteiger charge is -2.15. The maximum atomic E-state index is 12.2. The van der Waals surface area contributed by atoms with Gasteiger partial charge < -0.3 is 15.7 Å². The van der Waals surface area contributed by atoms with Gasteiger partial charge in [-0.3, -0.25) is 4.79 Å². The van der Waals surface area contributed by atoms with Gasteiger partial charge in [0.05, 0.1) is 22.7 Å². The molecule has 1 saturated carbocycles. The minimum absolute atomic E-state index is 0.138. The molecular weight excluding hydrogens is 324 g/mol. The second-order valence-corrected chi connectivity index (χ2v) is 6.53. The third kappa shape index (κ3) is 4.08. The number of anilines is 2. The van der Waals surface area contributed by atoms with Crippen LogP contribution in [0.3, 0.4) is 0 Å². The average molecular weight is 345 g/mol. The molecule has 24 heavy (non-hydrogen) atoms. The summed E-state index contributed by atoms with van der Waals surface area (Å²) >= 11 is 6.30. The summed E-state index contributed by atoms with van der Waals surface area (Å²) in [5.74, 6) is -0.458. The van der Waals surface area contributed by atoms with E-state index in [1.807, 2.05) is 42.5 Å². The molecule has 4 nitrogen and oxygen atoms in total. The highest BCUT2D eigenvalue weighted by Gasteiger charge is 2.31. The first-order chi connectivity index (χ1) is 11.6. The molecule has 1 aliphatic carbocycles. The van der Waals surface area contributed by atoms with Crippen molar-refractivity contribution in [2.45, 2.75) is 31.9 Å². The first kappa shape index (κ1) is 16.8. The molecule has 0 spiro atoms. The lowest BCUT2D eigenvalue weighted by molar-refractivity contribution is -0.122. The van der Waals surface area contributed by atoms with E-state index in [0.29, 0.717) is 23.7 Å². The highest BCUT2D eigenvalue weighted by molar-refractivity contribution is 6.33. The zero-order chi connectivity index (χ0) is 16.9. The number of aliphatic hydroxyl groups excluding tert-OH is 1. The second kappa shape index (κ2) is 7.69. The number of carbonyl (C=O) groups excluding carboxylic acids is 1. The van der Waals surface area contributed by atoms with Crippen molar-refractivity contribution in [1.82, 2.24) is 0 Å². The summed E-state index contributed by atoms with van der Waals surface area (Å²) in [6.07, 6.45) is 1.79. The predicted octanol–water partition coefficient (Wildman–Crippen LogP) is 4.05. The van der Waals surface area contributed by atoms with Gasteiger partial charge >= 0.3 is 0 Å². The van der Waals surface area contributed by atoms with Gasteiger partial charge in [-0.15, -0.1) is 0 Å². The molecule has 1 aliphatic rings. The van der Waals surface area contributed by atoms with Crippen LogP contribution in [-0.2, 0) is 11.3 Å². The van der Waals surface area contributed by atoms with Crippen molar-refractivity contribution in [3.63, 3.8) is 0 Å². The molecule has 2 unspecified atom stereocenters. The lowest BCUT2D eigenvalue weighted by atomic mass is 10.1. The quantitative estimate of drug-likeness (QED) is 0.766. The van der Waals surface area contributed by atoms with Crippen LogP contribution in [0.4, 0.5) is 11.4 Å². The van der Waals surface area contributed by atoms with E-state index in [2.05, 4.69) is 10.6 Å². The van der Waals surface area contributed by atoms with Crippen molar-refractivity contribution >= 4 is 28.9 Å². The lowest BCUT2D eigenvalue weighted by Crippen LogP contribution is -2.28. The van der Waals surface area contributed by atoms with Crippen LogP contribution in [-0.4, -0.2) is 17.1 Å². The van der Waals surface area contributed by atoms with Crippen molar-refractivity contribution in [1.29, 1.82) is 0 Å². The maximum Gasteiger partial charge on any atom is 0.230 e. The summed E-state index contributed by atoms with van der Waals surface area (Å²) in [5, 5.41) is 16.5. The SMILES string of the molecule is O=C(Nc1ccc(NCc2ccccc2)c(Cl)c1)C1CCCC1O. The Morgan fingerprint density at radius 3 is 2.62 bits per heavy atom. The monoisotopic (exact) mass is 344 g/mol. The van der Waals surface area contributed by atoms with Crippen molar-refractivity contribution < 1.29 is 9.90 Å². The number of hydrogen-bond acceptors (Lipinski definition) is 3. The van der Waals surface area contributed by atoms with Gasteiger partial charge in [0.25, 0.3) is 0 Å². The fourth-order valence-corrected chi connectivity index (χ4v) is 3.26. The van der Waals surface area contributed by atoms with Crippen molar-refractivity contribution in [3.05, 3.63) is 59.1 Å². The molecule has 2 aromatic carbocycles. The van der Waals surface area contributed by atoms with Crippen LogP contribution in [0, 0.1) is 5.92 Å². The molecule has 1 fully saturated rings. The van der Waals surface area contributed by atoms with Gasteiger partial charge in [0, 0.05) is 12.2 Å². The Labute approximate surface area is 146 Å². The molecule has 1 amide bonds. The number of nitrogens with one attached hydrogen (secondary N) is 2. The Balaban J connectivity index is 1.61. The van der Waals surface area contributed by atoms with Crippen molar-refractivity contribution in [2.24, 2.45) is 5.92 Å². The topological polar surface area (TPSA) is 61.4 Å². The average Bonchev–Trinajstić information content (AvgIpc) is 3.01. The number of rotatable bonds is 5. The Morgan fingerprint density at radius 1 is 1.17 bits per heavy atom. The van der Waals surface area contributed by atoms with E-state index >= 15 is 0 Å². The Bertz CT molecular complexity index is 706. The minimum Gasteiger partial charge on any atom is -0.392 e. The molecule has 3 rings (SSSR count). The molecule has 126 valence electrons. The molecule has 0 aromatic heterocycles. The molecular formula is C19H21ClN2O2. The van der Waals surface area contributed by atoms with Crippen LogP contribution in [0.15, 0.2) is 48.5 Å². The van der Waals surface area contributed by atoms with Crippen LogP contribution in [0.1, 0.15) is 24.8 Å². The summed E-state index contributed by atoms with van der Waals surface area (Å²) in [6.45, 7) is 0.681. The summed E-state index contributed by atoms with van der Waals surface area (Å²) in [4.78, 5) is 12.2. The maximum absolute atomic E-state index is 12.2. The van der Waals surface area contributed by atoms with E-state index in [0.717, 1.165) is 18.5 Å². The summed E-state index contributed by atoms with van der Waals surface area (Å²) < 4.78 is 0. The number of aliphatic hydroxyl groups is 1. The van der Waals surface area contributed by atoms with E-state index in [-0.39, 0.29) is 11.8 Å². The van der Waals surface area contributed by atoms with E-state index in [4.69, 9.17) is 11.6 Å². The van der Waals surface area contributed by atoms with Gasteiger partial charge in [0.15, 0.2) is 0 Å². The van der Waals surface area contributed by atoms with Crippen molar-refractivity contribution in [3.8, 4) is 0 Å². The molecule has 0 radical (unpaired) electrons. The second-order valence-electron chi connectivity index (χ2n) is 6.13. The van der Waals surface area contributed by atoms with E-state index in [1.54, 1.807) is 6.07 Å². The van der Waals surface area contributed by atoms with E-state index < -0.39 is 6.10 Å². The number of carbonyl (C=O) groups is 1. The highest BCUT2D eigenvalue weighted by atomic mass is 35.5. The normalized spacial score (nSPS) is 19.9. The van der Waals surface area contributed by atoms with Crippen LogP contribution < -0.4 is 10.6 Å². The third-order valence-electron chi connectivity index (χ3n) is 4.38. The largest absolute Gasteiger partial charge is 0.392 e. The van der Waals surface area contributed by atoms with E-state index in [1.165, 1.54) is 5.56 Å². The molecule has 2 aromatic rings. The van der Waals surface area contributed by atoms with Crippen LogP contribution >= 0.6 is 11.6 Å². The molecule has 0 heterocycles. The summed E-state index contributed by atoms with van der Waals surface area (Å²) in [5.41, 5.74) is 2.63. The van der Waals surface area contributed by atoms with E-state index in [9.17, 15) is 9.90 Å². The number of halogens is 1. The summed E-state index contributed by atoms with van der Waals surface area (Å²) in [6, 6.07) is 15.5. The van der Waals surface area contributed by atoms with Crippen LogP contribution in [0.2, 0.25) is 5.02 Å². The Hall–Kier alpha value is -2.04. The van der Waals surface area contributed by atoms with Gasteiger partial charge in [-0.1, -0.05) is 41.9 Å². The van der Waals surface area contributed by atoms with Gasteiger partial charge in [0.2, 0.25) is 5.91 Å². The molecule has 0 bridgehead atoms. The fourth-order valence-electron chi connectivity index (χ4n) is 3.01. The molecule has 0 saturated heterocycles. The smallest absolute Gasteiger partial charge is 0.230 e. The van der Waals surface area contributed by atoms with Crippen LogP contribution in [0.25, 0.3) is 0 Å². The number of amides is 1. The van der Waals surface area contributed by atoms with Gasteiger partial charge in [-0.25, -0.2) is 0 Å².